The fourth-order valence-corrected chi connectivity index (χ4v) is 2.68. The van der Waals surface area contributed by atoms with E-state index in [0.717, 1.165) is 31.2 Å². The predicted octanol–water partition coefficient (Wildman–Crippen LogP) is 2.07. The molecular formula is C9H16N4. The lowest BCUT2D eigenvalue weighted by Gasteiger charge is -2.38. The van der Waals surface area contributed by atoms with E-state index in [2.05, 4.69) is 15.3 Å². The average Bonchev–Trinajstić information content (AvgIpc) is 2.18. The first-order chi connectivity index (χ1) is 6.40. The third-order valence-corrected chi connectivity index (χ3v) is 3.43. The maximum atomic E-state index is 8.36. The molecule has 3 atom stereocenters. The first-order valence-corrected chi connectivity index (χ1v) is 5.15. The van der Waals surface area contributed by atoms with Gasteiger partial charge in [-0.25, -0.2) is 0 Å². The zero-order chi connectivity index (χ0) is 9.10. The number of piperidine rings is 1. The van der Waals surface area contributed by atoms with Crippen molar-refractivity contribution in [2.24, 2.45) is 17.0 Å². The van der Waals surface area contributed by atoms with Crippen molar-refractivity contribution in [3.63, 3.8) is 0 Å². The molecule has 2 fully saturated rings. The molecule has 0 amide bonds. The molecule has 1 aliphatic heterocycles. The summed E-state index contributed by atoms with van der Waals surface area (Å²) in [6.45, 7) is 2.32. The number of rotatable bonds is 1. The van der Waals surface area contributed by atoms with Gasteiger partial charge in [-0.3, -0.25) is 0 Å². The van der Waals surface area contributed by atoms with Gasteiger partial charge >= 0.3 is 0 Å². The minimum atomic E-state index is 0.282. The molecule has 4 nitrogen and oxygen atoms in total. The molecule has 0 aromatic rings. The second-order valence-corrected chi connectivity index (χ2v) is 4.18. The fraction of sp³-hybridized carbons (Fsp3) is 1.00. The number of azide groups is 1. The van der Waals surface area contributed by atoms with E-state index in [1.807, 2.05) is 0 Å². The highest BCUT2D eigenvalue weighted by atomic mass is 15.1. The van der Waals surface area contributed by atoms with Crippen LogP contribution >= 0.6 is 0 Å². The van der Waals surface area contributed by atoms with Gasteiger partial charge in [-0.1, -0.05) is 5.11 Å². The van der Waals surface area contributed by atoms with E-state index < -0.39 is 0 Å². The van der Waals surface area contributed by atoms with Crippen LogP contribution in [0.4, 0.5) is 0 Å². The van der Waals surface area contributed by atoms with Gasteiger partial charge in [0, 0.05) is 11.0 Å². The second-order valence-electron chi connectivity index (χ2n) is 4.18. The Morgan fingerprint density at radius 2 is 2.15 bits per heavy atom. The molecule has 0 bridgehead atoms. The Kier molecular flexibility index (Phi) is 2.71. The molecule has 0 radical (unpaired) electrons. The number of hydrogen-bond donors (Lipinski definition) is 1. The van der Waals surface area contributed by atoms with Gasteiger partial charge in [0.1, 0.15) is 0 Å². The van der Waals surface area contributed by atoms with Gasteiger partial charge in [0.15, 0.2) is 0 Å². The van der Waals surface area contributed by atoms with Crippen molar-refractivity contribution in [1.29, 1.82) is 0 Å². The zero-order valence-corrected chi connectivity index (χ0v) is 7.82. The summed E-state index contributed by atoms with van der Waals surface area (Å²) in [4.78, 5) is 2.91. The molecule has 1 heterocycles. The third kappa shape index (κ3) is 1.95. The van der Waals surface area contributed by atoms with Crippen molar-refractivity contribution in [1.82, 2.24) is 5.32 Å². The van der Waals surface area contributed by atoms with E-state index in [4.69, 9.17) is 5.53 Å². The summed E-state index contributed by atoms with van der Waals surface area (Å²) in [5, 5.41) is 7.26. The lowest BCUT2D eigenvalue weighted by molar-refractivity contribution is 0.170. The molecule has 0 aromatic carbocycles. The summed E-state index contributed by atoms with van der Waals surface area (Å²) in [5.41, 5.74) is 8.36. The molecule has 1 N–H and O–H groups in total. The van der Waals surface area contributed by atoms with E-state index in [9.17, 15) is 0 Å². The van der Waals surface area contributed by atoms with Crippen LogP contribution in [0.15, 0.2) is 5.11 Å². The standard InChI is InChI=1S/C9H16N4/c10-13-12-9-2-1-8-6-11-4-3-7(8)5-9/h7-9,11H,1-6H2/t7-,8+,9+/m1/s1. The van der Waals surface area contributed by atoms with Crippen LogP contribution in [-0.2, 0) is 0 Å². The zero-order valence-electron chi connectivity index (χ0n) is 7.82. The lowest BCUT2D eigenvalue weighted by atomic mass is 9.74. The van der Waals surface area contributed by atoms with Gasteiger partial charge < -0.3 is 5.32 Å². The molecular weight excluding hydrogens is 164 g/mol. The Hall–Kier alpha value is -0.730. The molecule has 13 heavy (non-hydrogen) atoms. The molecule has 1 saturated heterocycles. The van der Waals surface area contributed by atoms with Crippen LogP contribution in [0.2, 0.25) is 0 Å². The van der Waals surface area contributed by atoms with E-state index in [0.29, 0.717) is 0 Å². The first-order valence-electron chi connectivity index (χ1n) is 5.15. The predicted molar refractivity (Wildman–Crippen MR) is 51.3 cm³/mol. The summed E-state index contributed by atoms with van der Waals surface area (Å²) in [6.07, 6.45) is 4.72. The summed E-state index contributed by atoms with van der Waals surface area (Å²) in [6, 6.07) is 0.282. The maximum Gasteiger partial charge on any atom is 0.0377 e. The highest BCUT2D eigenvalue weighted by Gasteiger charge is 2.31. The Labute approximate surface area is 78.3 Å². The number of nitrogens with one attached hydrogen (secondary N) is 1. The molecule has 2 aliphatic rings. The van der Waals surface area contributed by atoms with Gasteiger partial charge in [-0.15, -0.1) is 0 Å². The van der Waals surface area contributed by atoms with Crippen molar-refractivity contribution in [2.45, 2.75) is 31.7 Å². The summed E-state index contributed by atoms with van der Waals surface area (Å²) >= 11 is 0. The van der Waals surface area contributed by atoms with Crippen LogP contribution < -0.4 is 5.32 Å². The molecule has 1 saturated carbocycles. The van der Waals surface area contributed by atoms with Gasteiger partial charge in [0.25, 0.3) is 0 Å². The minimum absolute atomic E-state index is 0.282. The number of fused-ring (bicyclic) bond motifs is 1. The van der Waals surface area contributed by atoms with Crippen molar-refractivity contribution in [3.8, 4) is 0 Å². The molecule has 2 rings (SSSR count). The van der Waals surface area contributed by atoms with Crippen LogP contribution in [0.25, 0.3) is 10.4 Å². The summed E-state index contributed by atoms with van der Waals surface area (Å²) in [5.74, 6) is 1.66. The van der Waals surface area contributed by atoms with E-state index in [1.165, 1.54) is 19.4 Å². The molecule has 72 valence electrons. The Bertz CT molecular complexity index is 222. The van der Waals surface area contributed by atoms with Crippen molar-refractivity contribution < 1.29 is 0 Å². The lowest BCUT2D eigenvalue weighted by Crippen LogP contribution is -2.40. The van der Waals surface area contributed by atoms with Crippen molar-refractivity contribution >= 4 is 0 Å². The minimum Gasteiger partial charge on any atom is -0.316 e. The summed E-state index contributed by atoms with van der Waals surface area (Å²) < 4.78 is 0. The molecule has 0 aromatic heterocycles. The van der Waals surface area contributed by atoms with Crippen LogP contribution in [0.5, 0.6) is 0 Å². The van der Waals surface area contributed by atoms with Crippen LogP contribution in [0, 0.1) is 11.8 Å². The highest BCUT2D eigenvalue weighted by Crippen LogP contribution is 2.35. The normalized spacial score (nSPS) is 38.9. The van der Waals surface area contributed by atoms with Crippen LogP contribution in [0.1, 0.15) is 25.7 Å². The molecule has 0 spiro atoms. The van der Waals surface area contributed by atoms with Crippen LogP contribution in [0.3, 0.4) is 0 Å². The third-order valence-electron chi connectivity index (χ3n) is 3.43. The van der Waals surface area contributed by atoms with Gasteiger partial charge in [-0.2, -0.15) is 0 Å². The first kappa shape index (κ1) is 8.85. The topological polar surface area (TPSA) is 60.8 Å². The number of nitrogens with zero attached hydrogens (tertiary/aromatic N) is 3. The van der Waals surface area contributed by atoms with Crippen molar-refractivity contribution in [3.05, 3.63) is 10.4 Å². The Morgan fingerprint density at radius 3 is 3.00 bits per heavy atom. The quantitative estimate of drug-likeness (QED) is 0.375. The highest BCUT2D eigenvalue weighted by molar-refractivity contribution is 4.87. The van der Waals surface area contributed by atoms with E-state index in [1.54, 1.807) is 0 Å². The second kappa shape index (κ2) is 3.99. The maximum absolute atomic E-state index is 8.36. The average molecular weight is 180 g/mol. The summed E-state index contributed by atoms with van der Waals surface area (Å²) in [7, 11) is 0. The van der Waals surface area contributed by atoms with E-state index >= 15 is 0 Å². The Balaban J connectivity index is 1.94. The largest absolute Gasteiger partial charge is 0.316 e. The number of hydrogen-bond acceptors (Lipinski definition) is 2. The van der Waals surface area contributed by atoms with Gasteiger partial charge in [0.05, 0.1) is 0 Å². The fourth-order valence-electron chi connectivity index (χ4n) is 2.68. The smallest absolute Gasteiger partial charge is 0.0377 e. The van der Waals surface area contributed by atoms with Gasteiger partial charge in [0.2, 0.25) is 0 Å². The monoisotopic (exact) mass is 180 g/mol. The Morgan fingerprint density at radius 1 is 1.23 bits per heavy atom. The van der Waals surface area contributed by atoms with Crippen LogP contribution in [-0.4, -0.2) is 19.1 Å². The van der Waals surface area contributed by atoms with Gasteiger partial charge in [-0.05, 0) is 56.1 Å². The molecule has 0 unspecified atom stereocenters. The van der Waals surface area contributed by atoms with E-state index in [-0.39, 0.29) is 6.04 Å². The van der Waals surface area contributed by atoms with Crippen molar-refractivity contribution in [2.75, 3.05) is 13.1 Å². The molecule has 1 aliphatic carbocycles. The molecule has 4 heteroatoms. The SMILES string of the molecule is [N-]=[N+]=N[C@H]1CC[C@H]2CNCC[C@@H]2C1.